The Bertz CT molecular complexity index is 1090. The van der Waals surface area contributed by atoms with Gasteiger partial charge in [0.25, 0.3) is 0 Å². The van der Waals surface area contributed by atoms with Gasteiger partial charge in [-0.05, 0) is 47.0 Å². The van der Waals surface area contributed by atoms with E-state index in [-0.39, 0.29) is 0 Å². The number of H-pyrrole nitrogens is 1. The topological polar surface area (TPSA) is 15.8 Å². The Kier molecular flexibility index (Phi) is 5.13. The van der Waals surface area contributed by atoms with Gasteiger partial charge in [-0.2, -0.15) is 26.3 Å². The number of aromatic amines is 1. The maximum atomic E-state index is 12.9. The second kappa shape index (κ2) is 7.65. The van der Waals surface area contributed by atoms with Crippen LogP contribution in [-0.2, 0) is 12.4 Å². The molecule has 4 aromatic rings. The van der Waals surface area contributed by atoms with Crippen molar-refractivity contribution in [2.24, 2.45) is 0 Å². The summed E-state index contributed by atoms with van der Waals surface area (Å²) < 4.78 is 77.6. The number of hydrogen-bond acceptors (Lipinski definition) is 0. The van der Waals surface area contributed by atoms with Gasteiger partial charge in [0, 0.05) is 11.3 Å². The summed E-state index contributed by atoms with van der Waals surface area (Å²) >= 11 is 0. The summed E-state index contributed by atoms with van der Waals surface area (Å²) in [5.41, 5.74) is 2.11. The molecule has 0 saturated heterocycles. The summed E-state index contributed by atoms with van der Waals surface area (Å²) in [6.45, 7) is 0. The third kappa shape index (κ3) is 4.35. The second-order valence-corrected chi connectivity index (χ2v) is 6.99. The molecule has 1 aromatic heterocycles. The first-order chi connectivity index (χ1) is 14.6. The molecule has 0 aliphatic carbocycles. The minimum atomic E-state index is -4.46. The van der Waals surface area contributed by atoms with Crippen molar-refractivity contribution in [2.75, 3.05) is 0 Å². The molecule has 158 valence electrons. The van der Waals surface area contributed by atoms with E-state index >= 15 is 0 Å². The SMILES string of the molecule is FC(F)(F)c1ccc(-c2cc(-c3ccccc3)[nH]c2-c2ccc(C(F)(F)F)cc2)cc1. The van der Waals surface area contributed by atoms with Gasteiger partial charge in [0.05, 0.1) is 16.8 Å². The summed E-state index contributed by atoms with van der Waals surface area (Å²) in [6, 6.07) is 20.4. The predicted octanol–water partition coefficient (Wildman–Crippen LogP) is 8.05. The average Bonchev–Trinajstić information content (AvgIpc) is 3.19. The van der Waals surface area contributed by atoms with Crippen molar-refractivity contribution in [3.63, 3.8) is 0 Å². The predicted molar refractivity (Wildman–Crippen MR) is 107 cm³/mol. The Morgan fingerprint density at radius 3 is 1.48 bits per heavy atom. The molecule has 0 amide bonds. The first-order valence-electron chi connectivity index (χ1n) is 9.26. The van der Waals surface area contributed by atoms with Crippen LogP contribution < -0.4 is 0 Å². The van der Waals surface area contributed by atoms with Gasteiger partial charge in [-0.25, -0.2) is 0 Å². The molecule has 0 saturated carbocycles. The molecular formula is C24H15F6N. The highest BCUT2D eigenvalue weighted by molar-refractivity contribution is 5.86. The number of benzene rings is 3. The van der Waals surface area contributed by atoms with E-state index in [1.807, 2.05) is 30.3 Å². The largest absolute Gasteiger partial charge is 0.416 e. The molecule has 0 spiro atoms. The molecule has 3 aromatic carbocycles. The van der Waals surface area contributed by atoms with Gasteiger partial charge in [-0.1, -0.05) is 54.6 Å². The zero-order chi connectivity index (χ0) is 22.2. The van der Waals surface area contributed by atoms with Crippen molar-refractivity contribution in [1.82, 2.24) is 4.98 Å². The molecule has 0 unspecified atom stereocenters. The van der Waals surface area contributed by atoms with E-state index in [0.717, 1.165) is 29.8 Å². The molecule has 0 bridgehead atoms. The highest BCUT2D eigenvalue weighted by atomic mass is 19.4. The van der Waals surface area contributed by atoms with Crippen molar-refractivity contribution < 1.29 is 26.3 Å². The lowest BCUT2D eigenvalue weighted by Crippen LogP contribution is -2.04. The molecule has 7 heteroatoms. The normalized spacial score (nSPS) is 12.2. The molecule has 0 radical (unpaired) electrons. The first-order valence-corrected chi connectivity index (χ1v) is 9.26. The van der Waals surface area contributed by atoms with Crippen LogP contribution in [0.5, 0.6) is 0 Å². The maximum absolute atomic E-state index is 12.9. The summed E-state index contributed by atoms with van der Waals surface area (Å²) in [5.74, 6) is 0. The van der Waals surface area contributed by atoms with Crippen LogP contribution in [-0.4, -0.2) is 4.98 Å². The Morgan fingerprint density at radius 1 is 0.516 bits per heavy atom. The number of nitrogens with one attached hydrogen (secondary N) is 1. The van der Waals surface area contributed by atoms with Crippen LogP contribution in [0, 0.1) is 0 Å². The van der Waals surface area contributed by atoms with E-state index in [9.17, 15) is 26.3 Å². The minimum Gasteiger partial charge on any atom is -0.354 e. The van der Waals surface area contributed by atoms with E-state index in [0.29, 0.717) is 28.1 Å². The van der Waals surface area contributed by atoms with Crippen molar-refractivity contribution in [3.05, 3.63) is 96.1 Å². The monoisotopic (exact) mass is 431 g/mol. The van der Waals surface area contributed by atoms with E-state index in [1.54, 1.807) is 6.07 Å². The summed E-state index contributed by atoms with van der Waals surface area (Å²) in [7, 11) is 0. The number of halogens is 6. The van der Waals surface area contributed by atoms with Gasteiger partial charge < -0.3 is 4.98 Å². The summed E-state index contributed by atoms with van der Waals surface area (Å²) in [4.78, 5) is 3.21. The van der Waals surface area contributed by atoms with Crippen LogP contribution in [0.4, 0.5) is 26.3 Å². The van der Waals surface area contributed by atoms with Crippen LogP contribution in [0.15, 0.2) is 84.9 Å². The molecule has 0 fully saturated rings. The Hall–Kier alpha value is -3.48. The van der Waals surface area contributed by atoms with Crippen molar-refractivity contribution >= 4 is 0 Å². The standard InChI is InChI=1S/C24H15F6N/c25-23(26,27)18-10-6-15(7-11-18)20-14-21(16-4-2-1-3-5-16)31-22(20)17-8-12-19(13-9-17)24(28,29)30/h1-14,31H. The van der Waals surface area contributed by atoms with E-state index < -0.39 is 23.5 Å². The highest BCUT2D eigenvalue weighted by Gasteiger charge is 2.31. The van der Waals surface area contributed by atoms with Gasteiger partial charge in [0.1, 0.15) is 0 Å². The fraction of sp³-hybridized carbons (Fsp3) is 0.0833. The number of hydrogen-bond donors (Lipinski definition) is 1. The maximum Gasteiger partial charge on any atom is 0.416 e. The number of rotatable bonds is 3. The smallest absolute Gasteiger partial charge is 0.354 e. The zero-order valence-corrected chi connectivity index (χ0v) is 15.9. The molecule has 0 atom stereocenters. The van der Waals surface area contributed by atoms with Gasteiger partial charge in [0.15, 0.2) is 0 Å². The van der Waals surface area contributed by atoms with Gasteiger partial charge >= 0.3 is 12.4 Å². The summed E-state index contributed by atoms with van der Waals surface area (Å²) in [6.07, 6.45) is -8.91. The zero-order valence-electron chi connectivity index (χ0n) is 15.9. The van der Waals surface area contributed by atoms with Crippen molar-refractivity contribution in [1.29, 1.82) is 0 Å². The molecule has 0 aliphatic heterocycles. The van der Waals surface area contributed by atoms with Crippen LogP contribution >= 0.6 is 0 Å². The molecule has 1 heterocycles. The van der Waals surface area contributed by atoms with E-state index in [4.69, 9.17) is 0 Å². The minimum absolute atomic E-state index is 0.491. The fourth-order valence-corrected chi connectivity index (χ4v) is 3.35. The molecule has 4 rings (SSSR count). The quantitative estimate of drug-likeness (QED) is 0.316. The lowest BCUT2D eigenvalue weighted by atomic mass is 9.99. The van der Waals surface area contributed by atoms with Gasteiger partial charge in [0.2, 0.25) is 0 Å². The fourth-order valence-electron chi connectivity index (χ4n) is 3.35. The molecule has 1 nitrogen and oxygen atoms in total. The van der Waals surface area contributed by atoms with Crippen molar-refractivity contribution in [2.45, 2.75) is 12.4 Å². The lowest BCUT2D eigenvalue weighted by molar-refractivity contribution is -0.138. The van der Waals surface area contributed by atoms with Gasteiger partial charge in [-0.15, -0.1) is 0 Å². The summed E-state index contributed by atoms with van der Waals surface area (Å²) in [5, 5.41) is 0. The van der Waals surface area contributed by atoms with E-state index in [1.165, 1.54) is 24.3 Å². The van der Waals surface area contributed by atoms with Crippen LogP contribution in [0.1, 0.15) is 11.1 Å². The Balaban J connectivity index is 1.83. The lowest BCUT2D eigenvalue weighted by Gasteiger charge is -2.10. The molecule has 0 aliphatic rings. The molecule has 31 heavy (non-hydrogen) atoms. The highest BCUT2D eigenvalue weighted by Crippen LogP contribution is 2.38. The van der Waals surface area contributed by atoms with E-state index in [2.05, 4.69) is 4.98 Å². The second-order valence-electron chi connectivity index (χ2n) is 6.99. The first kappa shape index (κ1) is 20.8. The molecular weight excluding hydrogens is 416 g/mol. The van der Waals surface area contributed by atoms with Crippen LogP contribution in [0.25, 0.3) is 33.6 Å². The van der Waals surface area contributed by atoms with Crippen LogP contribution in [0.2, 0.25) is 0 Å². The van der Waals surface area contributed by atoms with Crippen LogP contribution in [0.3, 0.4) is 0 Å². The third-order valence-corrected chi connectivity index (χ3v) is 4.93. The van der Waals surface area contributed by atoms with Crippen molar-refractivity contribution in [3.8, 4) is 33.6 Å². The average molecular weight is 431 g/mol. The third-order valence-electron chi connectivity index (χ3n) is 4.93. The Labute approximate surface area is 174 Å². The van der Waals surface area contributed by atoms with Gasteiger partial charge in [-0.3, -0.25) is 0 Å². The number of alkyl halides is 6. The molecule has 1 N–H and O–H groups in total. The number of aromatic nitrogens is 1. The Morgan fingerprint density at radius 2 is 1.00 bits per heavy atom.